The second kappa shape index (κ2) is 6.49. The summed E-state index contributed by atoms with van der Waals surface area (Å²) < 4.78 is 0. The van der Waals surface area contributed by atoms with Gasteiger partial charge in [0.1, 0.15) is 0 Å². The Kier molecular flexibility index (Phi) is 4.70. The van der Waals surface area contributed by atoms with Crippen molar-refractivity contribution in [1.29, 1.82) is 0 Å². The molecule has 1 saturated heterocycles. The molecule has 1 fully saturated rings. The van der Waals surface area contributed by atoms with E-state index in [2.05, 4.69) is 25.8 Å². The monoisotopic (exact) mass is 293 g/mol. The molecule has 3 N–H and O–H groups in total. The summed E-state index contributed by atoms with van der Waals surface area (Å²) >= 11 is 0. The molecule has 2 aromatic heterocycles. The summed E-state index contributed by atoms with van der Waals surface area (Å²) in [6.07, 6.45) is 5.36. The van der Waals surface area contributed by atoms with Crippen molar-refractivity contribution in [3.8, 4) is 11.3 Å². The zero-order valence-electron chi connectivity index (χ0n) is 10.8. The number of carbonyl (C=O) groups excluding carboxylic acids is 1. The van der Waals surface area contributed by atoms with Gasteiger partial charge in [0.15, 0.2) is 5.82 Å². The fraction of sp³-hybridized carbons (Fsp3) is 0.308. The second-order valence-corrected chi connectivity index (χ2v) is 4.54. The molecule has 1 aliphatic rings. The van der Waals surface area contributed by atoms with Crippen molar-refractivity contribution < 1.29 is 4.79 Å². The molecule has 7 heteroatoms. The first-order valence-corrected chi connectivity index (χ1v) is 6.33. The number of amides is 1. The molecular formula is C13H16ClN5O. The lowest BCUT2D eigenvalue weighted by atomic mass is 10.2. The first kappa shape index (κ1) is 14.5. The maximum absolute atomic E-state index is 11.9. The van der Waals surface area contributed by atoms with Crippen molar-refractivity contribution in [2.45, 2.75) is 18.9 Å². The number of hydrogen-bond donors (Lipinski definition) is 3. The fourth-order valence-corrected chi connectivity index (χ4v) is 2.19. The lowest BCUT2D eigenvalue weighted by molar-refractivity contribution is -0.117. The minimum atomic E-state index is -0.0962. The summed E-state index contributed by atoms with van der Waals surface area (Å²) in [4.78, 5) is 15.9. The highest BCUT2D eigenvalue weighted by molar-refractivity contribution is 5.94. The fourth-order valence-electron chi connectivity index (χ4n) is 2.19. The number of rotatable bonds is 3. The van der Waals surface area contributed by atoms with E-state index in [0.717, 1.165) is 30.6 Å². The Hall–Kier alpha value is -1.92. The van der Waals surface area contributed by atoms with Gasteiger partial charge in [0.2, 0.25) is 5.91 Å². The van der Waals surface area contributed by atoms with Crippen molar-refractivity contribution in [2.24, 2.45) is 0 Å². The van der Waals surface area contributed by atoms with E-state index in [0.29, 0.717) is 5.82 Å². The topological polar surface area (TPSA) is 82.7 Å². The van der Waals surface area contributed by atoms with E-state index >= 15 is 0 Å². The van der Waals surface area contributed by atoms with Crippen LogP contribution < -0.4 is 10.6 Å². The van der Waals surface area contributed by atoms with Crippen LogP contribution in [0.2, 0.25) is 0 Å². The lowest BCUT2D eigenvalue weighted by Crippen LogP contribution is -2.35. The molecule has 6 nitrogen and oxygen atoms in total. The summed E-state index contributed by atoms with van der Waals surface area (Å²) in [5.74, 6) is 0.524. The van der Waals surface area contributed by atoms with Gasteiger partial charge < -0.3 is 10.6 Å². The molecule has 0 radical (unpaired) electrons. The zero-order valence-corrected chi connectivity index (χ0v) is 11.6. The van der Waals surface area contributed by atoms with Crippen LogP contribution >= 0.6 is 12.4 Å². The highest BCUT2D eigenvalue weighted by Gasteiger charge is 2.22. The third kappa shape index (κ3) is 3.15. The molecule has 0 aromatic carbocycles. The van der Waals surface area contributed by atoms with Gasteiger partial charge in [-0.3, -0.25) is 14.9 Å². The van der Waals surface area contributed by atoms with Gasteiger partial charge in [-0.05, 0) is 31.5 Å². The molecule has 1 amide bonds. The molecule has 0 aliphatic carbocycles. The summed E-state index contributed by atoms with van der Waals surface area (Å²) in [5.41, 5.74) is 1.85. The smallest absolute Gasteiger partial charge is 0.242 e. The van der Waals surface area contributed by atoms with Crippen molar-refractivity contribution in [3.05, 3.63) is 30.6 Å². The van der Waals surface area contributed by atoms with Crippen LogP contribution in [0, 0.1) is 0 Å². The number of nitrogens with one attached hydrogen (secondary N) is 3. The molecule has 1 atom stereocenters. The Bertz CT molecular complexity index is 565. The van der Waals surface area contributed by atoms with Crippen LogP contribution in [-0.2, 0) is 4.79 Å². The number of aromatic nitrogens is 3. The van der Waals surface area contributed by atoms with Crippen LogP contribution in [0.1, 0.15) is 12.8 Å². The average molecular weight is 294 g/mol. The number of halogens is 1. The molecule has 0 bridgehead atoms. The minimum absolute atomic E-state index is 0. The number of anilines is 1. The summed E-state index contributed by atoms with van der Waals surface area (Å²) in [6, 6.07) is 5.50. The van der Waals surface area contributed by atoms with Crippen molar-refractivity contribution in [2.75, 3.05) is 11.9 Å². The Balaban J connectivity index is 0.00000147. The minimum Gasteiger partial charge on any atom is -0.308 e. The number of hydrogen-bond acceptors (Lipinski definition) is 4. The largest absolute Gasteiger partial charge is 0.308 e. The third-order valence-electron chi connectivity index (χ3n) is 3.20. The molecule has 2 aromatic rings. The van der Waals surface area contributed by atoms with E-state index in [4.69, 9.17) is 0 Å². The quantitative estimate of drug-likeness (QED) is 0.802. The van der Waals surface area contributed by atoms with Gasteiger partial charge in [-0.15, -0.1) is 12.4 Å². The highest BCUT2D eigenvalue weighted by atomic mass is 35.5. The maximum Gasteiger partial charge on any atom is 0.242 e. The molecule has 1 unspecified atom stereocenters. The average Bonchev–Trinajstić information content (AvgIpc) is 3.11. The van der Waals surface area contributed by atoms with E-state index in [1.54, 1.807) is 12.4 Å². The molecule has 106 valence electrons. The van der Waals surface area contributed by atoms with Gasteiger partial charge >= 0.3 is 0 Å². The Morgan fingerprint density at radius 2 is 2.15 bits per heavy atom. The third-order valence-corrected chi connectivity index (χ3v) is 3.20. The lowest BCUT2D eigenvalue weighted by Gasteiger charge is -2.08. The normalized spacial score (nSPS) is 17.5. The molecule has 0 spiro atoms. The number of H-pyrrole nitrogens is 1. The van der Waals surface area contributed by atoms with Gasteiger partial charge in [-0.2, -0.15) is 5.10 Å². The van der Waals surface area contributed by atoms with Crippen molar-refractivity contribution in [3.63, 3.8) is 0 Å². The Morgan fingerprint density at radius 1 is 1.35 bits per heavy atom. The second-order valence-electron chi connectivity index (χ2n) is 4.54. The van der Waals surface area contributed by atoms with Crippen LogP contribution in [0.25, 0.3) is 11.3 Å². The van der Waals surface area contributed by atoms with Crippen LogP contribution in [-0.4, -0.2) is 33.7 Å². The van der Waals surface area contributed by atoms with E-state index in [-0.39, 0.29) is 24.4 Å². The molecule has 3 rings (SSSR count). The SMILES string of the molecule is Cl.O=C(Nc1cc(-c2ccncc2)[nH]n1)C1CCCN1. The first-order chi connectivity index (χ1) is 9.33. The summed E-state index contributed by atoms with van der Waals surface area (Å²) in [5, 5.41) is 13.0. The molecule has 0 saturated carbocycles. The first-order valence-electron chi connectivity index (χ1n) is 6.33. The van der Waals surface area contributed by atoms with Gasteiger partial charge in [0, 0.05) is 24.0 Å². The maximum atomic E-state index is 11.9. The standard InChI is InChI=1S/C13H15N5O.ClH/c19-13(10-2-1-5-15-10)16-12-8-11(17-18-12)9-3-6-14-7-4-9;/h3-4,6-8,10,15H,1-2,5H2,(H2,16,17,18,19);1H. The van der Waals surface area contributed by atoms with E-state index in [1.165, 1.54) is 0 Å². The van der Waals surface area contributed by atoms with Crippen molar-refractivity contribution >= 4 is 24.1 Å². The molecule has 20 heavy (non-hydrogen) atoms. The predicted octanol–water partition coefficient (Wildman–Crippen LogP) is 1.58. The van der Waals surface area contributed by atoms with E-state index < -0.39 is 0 Å². The van der Waals surface area contributed by atoms with Crippen LogP contribution in [0.3, 0.4) is 0 Å². The number of pyridine rings is 1. The number of nitrogens with zero attached hydrogens (tertiary/aromatic N) is 2. The molecule has 1 aliphatic heterocycles. The Morgan fingerprint density at radius 3 is 2.85 bits per heavy atom. The predicted molar refractivity (Wildman–Crippen MR) is 78.7 cm³/mol. The van der Waals surface area contributed by atoms with Crippen LogP contribution in [0.15, 0.2) is 30.6 Å². The van der Waals surface area contributed by atoms with Crippen LogP contribution in [0.4, 0.5) is 5.82 Å². The Labute approximate surface area is 122 Å². The summed E-state index contributed by atoms with van der Waals surface area (Å²) in [6.45, 7) is 0.904. The van der Waals surface area contributed by atoms with Gasteiger partial charge in [0.25, 0.3) is 0 Å². The van der Waals surface area contributed by atoms with Gasteiger partial charge in [-0.1, -0.05) is 0 Å². The number of carbonyl (C=O) groups is 1. The zero-order chi connectivity index (χ0) is 13.1. The summed E-state index contributed by atoms with van der Waals surface area (Å²) in [7, 11) is 0. The van der Waals surface area contributed by atoms with Crippen molar-refractivity contribution in [1.82, 2.24) is 20.5 Å². The highest BCUT2D eigenvalue weighted by Crippen LogP contribution is 2.19. The van der Waals surface area contributed by atoms with Gasteiger partial charge in [-0.25, -0.2) is 0 Å². The van der Waals surface area contributed by atoms with Gasteiger partial charge in [0.05, 0.1) is 11.7 Å². The molecular weight excluding hydrogens is 278 g/mol. The van der Waals surface area contributed by atoms with E-state index in [1.807, 2.05) is 18.2 Å². The van der Waals surface area contributed by atoms with E-state index in [9.17, 15) is 4.79 Å². The molecule has 3 heterocycles. The number of aromatic amines is 1. The van der Waals surface area contributed by atoms with Crippen LogP contribution in [0.5, 0.6) is 0 Å².